The number of fused-ring (bicyclic) bond motifs is 20. The van der Waals surface area contributed by atoms with Crippen LogP contribution < -0.4 is 19.5 Å². The fraction of sp³-hybridized carbons (Fsp3) is 0.600. The maximum atomic E-state index is 13.3. The average molecular weight is 1510 g/mol. The first kappa shape index (κ1) is 78.7. The third kappa shape index (κ3) is 14.0. The lowest BCUT2D eigenvalue weighted by molar-refractivity contribution is -0.168. The van der Waals surface area contributed by atoms with Gasteiger partial charge in [-0.15, -0.1) is 13.2 Å². The van der Waals surface area contributed by atoms with Gasteiger partial charge in [0.05, 0.1) is 21.7 Å². The van der Waals surface area contributed by atoms with Crippen LogP contribution in [0.2, 0.25) is 36.3 Å². The molecule has 4 aromatic carbocycles. The Morgan fingerprint density at radius 2 is 0.722 bits per heavy atom. The molecule has 8 fully saturated rings. The Labute approximate surface area is 643 Å². The number of nitrogens with one attached hydrogen (secondary N) is 2. The van der Waals surface area contributed by atoms with E-state index in [2.05, 4.69) is 149 Å². The number of carbonyl (C=O) groups is 8. The number of imide groups is 4. The molecule has 4 N–H and O–H groups in total. The smallest absolute Gasteiger partial charge is 0.250 e. The molecule has 0 radical (unpaired) electrons. The molecule has 8 aliphatic carbocycles. The topological polar surface area (TPSA) is 226 Å². The molecule has 8 amide bonds. The quantitative estimate of drug-likeness (QED) is 0.0734. The Hall–Kier alpha value is -7.45. The van der Waals surface area contributed by atoms with Crippen LogP contribution in [0.15, 0.2) is 98.1 Å². The molecule has 16 atom stereocenters. The Morgan fingerprint density at radius 1 is 0.435 bits per heavy atom. The molecule has 0 aromatic heterocycles. The maximum Gasteiger partial charge on any atom is 0.250 e. The van der Waals surface area contributed by atoms with Crippen molar-refractivity contribution in [2.24, 2.45) is 69.0 Å². The number of piperidine rings is 4. The van der Waals surface area contributed by atoms with Crippen molar-refractivity contribution in [2.75, 3.05) is 13.1 Å². The van der Waals surface area contributed by atoms with E-state index in [9.17, 15) is 48.6 Å². The van der Waals surface area contributed by atoms with Crippen molar-refractivity contribution in [1.82, 2.24) is 20.4 Å². The third-order valence-corrected chi connectivity index (χ3v) is 39.3. The fourth-order valence-corrected chi connectivity index (χ4v) is 24.3. The number of nitrogens with zero attached hydrogens (tertiary/aromatic N) is 2. The second-order valence-electron chi connectivity index (χ2n) is 38.5. The van der Waals surface area contributed by atoms with Crippen LogP contribution in [0.4, 0.5) is 0 Å². The van der Waals surface area contributed by atoms with Crippen molar-refractivity contribution in [3.63, 3.8) is 0 Å². The van der Waals surface area contributed by atoms with Gasteiger partial charge in [0.2, 0.25) is 63.9 Å². The molecule has 16 rings (SSSR count). The van der Waals surface area contributed by atoms with Crippen LogP contribution in [-0.4, -0.2) is 97.0 Å². The molecular formula is C90H120N4O12Si2. The lowest BCUT2D eigenvalue weighted by atomic mass is 9.52. The standard InChI is InChI=1S/C27H39NO3Si.C24H35NO3Si.C21H25NO3.C18H21NO3/c1-8-15-28-24(29)17-23-22-11-9-18-16-19(31-32(6,7)26(2,3)4)10-12-20(18)21(22)13-14-27(23,5)25(28)30;1-23(2,3)29(5,6)28-16-8-10-17-15(13-16)7-9-19-18(17)11-12-24(4)20(19)14-21(26)25-22(24)27;1-3-10-22-19(24)12-18-17-6-4-13-11-14(23)5-7-15(13)16(17)8-9-21(18,2)20(22)25;1-18-7-6-13-12-5-3-11(20)8-10(12)2-4-14(13)15(18)9-16(21)19-17(18)22/h8,10,12,16,21-23H,1,9,11,13-15,17H2,2-7H3;8,10,13,18-20H,7,9,11-12,14H2,1-6H3,(H,25,26,27);3,5,7,11,16-18,23H,1,4,6,8-10,12H2,2H3;3,5,8,13-15,20H,2,4,6-7,9H2,1H3,(H,19,21,22)/t21?,22?,23?,27-;18?,19?,20?,24-;16?,17?,18?,21-;13?,14?,15?,18-/m0000/s1. The second-order valence-corrected chi connectivity index (χ2v) is 47.9. The second kappa shape index (κ2) is 29.0. The normalized spacial score (nSPS) is 33.0. The fourth-order valence-electron chi connectivity index (χ4n) is 22.3. The highest BCUT2D eigenvalue weighted by Gasteiger charge is 2.61. The van der Waals surface area contributed by atoms with Gasteiger partial charge in [-0.1, -0.05) is 106 Å². The molecule has 4 heterocycles. The lowest BCUT2D eigenvalue weighted by Gasteiger charge is -2.54. The van der Waals surface area contributed by atoms with E-state index in [0.717, 1.165) is 114 Å². The van der Waals surface area contributed by atoms with Crippen LogP contribution in [0.25, 0.3) is 0 Å². The Balaban J connectivity index is 0.000000128. The highest BCUT2D eigenvalue weighted by atomic mass is 28.4. The number of likely N-dealkylation sites (tertiary alicyclic amines) is 2. The van der Waals surface area contributed by atoms with E-state index in [1.165, 1.54) is 54.3 Å². The van der Waals surface area contributed by atoms with Crippen molar-refractivity contribution >= 4 is 63.9 Å². The molecule has 108 heavy (non-hydrogen) atoms. The van der Waals surface area contributed by atoms with Gasteiger partial charge in [0.15, 0.2) is 0 Å². The van der Waals surface area contributed by atoms with E-state index < -0.39 is 38.3 Å². The molecule has 12 aliphatic rings. The van der Waals surface area contributed by atoms with Crippen LogP contribution in [-0.2, 0) is 64.0 Å². The molecule has 4 aromatic rings. The zero-order valence-corrected chi connectivity index (χ0v) is 68.9. The molecular weight excluding hydrogens is 1390 g/mol. The lowest BCUT2D eigenvalue weighted by Crippen LogP contribution is -2.59. The van der Waals surface area contributed by atoms with Crippen LogP contribution >= 0.6 is 0 Å². The van der Waals surface area contributed by atoms with Gasteiger partial charge in [0, 0.05) is 38.8 Å². The number of carbonyl (C=O) groups excluding carboxylic acids is 8. The molecule has 0 spiro atoms. The third-order valence-electron chi connectivity index (χ3n) is 30.6. The number of hydrogen-bond acceptors (Lipinski definition) is 12. The van der Waals surface area contributed by atoms with E-state index in [1.54, 1.807) is 24.3 Å². The minimum Gasteiger partial charge on any atom is -0.543 e. The predicted octanol–water partition coefficient (Wildman–Crippen LogP) is 17.2. The van der Waals surface area contributed by atoms with E-state index in [0.29, 0.717) is 97.6 Å². The summed E-state index contributed by atoms with van der Waals surface area (Å²) >= 11 is 0. The monoisotopic (exact) mass is 1500 g/mol. The van der Waals surface area contributed by atoms with Crippen molar-refractivity contribution in [3.05, 3.63) is 143 Å². The minimum absolute atomic E-state index is 0.0106. The van der Waals surface area contributed by atoms with Crippen LogP contribution in [0.3, 0.4) is 0 Å². The van der Waals surface area contributed by atoms with Gasteiger partial charge in [-0.05, 0) is 303 Å². The van der Waals surface area contributed by atoms with Crippen molar-refractivity contribution < 1.29 is 57.4 Å². The molecule has 0 bridgehead atoms. The Kier molecular flexibility index (Phi) is 21.1. The number of aromatic hydroxyl groups is 2. The van der Waals surface area contributed by atoms with E-state index in [4.69, 9.17) is 8.85 Å². The molecule has 4 saturated heterocycles. The molecule has 16 nitrogen and oxygen atoms in total. The van der Waals surface area contributed by atoms with Gasteiger partial charge < -0.3 is 19.1 Å². The van der Waals surface area contributed by atoms with Gasteiger partial charge >= 0.3 is 0 Å². The summed E-state index contributed by atoms with van der Waals surface area (Å²) in [7, 11) is -3.73. The summed E-state index contributed by atoms with van der Waals surface area (Å²) in [4.78, 5) is 104. The summed E-state index contributed by atoms with van der Waals surface area (Å²) in [6.45, 7) is 39.1. The largest absolute Gasteiger partial charge is 0.543 e. The van der Waals surface area contributed by atoms with Crippen LogP contribution in [0.1, 0.15) is 240 Å². The number of aryl methyl sites for hydroxylation is 4. The summed E-state index contributed by atoms with van der Waals surface area (Å²) in [5, 5.41) is 24.9. The van der Waals surface area contributed by atoms with Gasteiger partial charge in [-0.25, -0.2) is 0 Å². The number of hydrogen-bond donors (Lipinski definition) is 4. The molecule has 4 aliphatic heterocycles. The minimum atomic E-state index is -1.87. The number of benzene rings is 4. The van der Waals surface area contributed by atoms with Gasteiger partial charge in [0.1, 0.15) is 23.0 Å². The van der Waals surface area contributed by atoms with Crippen LogP contribution in [0, 0.1) is 69.0 Å². The summed E-state index contributed by atoms with van der Waals surface area (Å²) < 4.78 is 13.1. The number of phenolic OH excluding ortho intramolecular Hbond substituents is 2. The molecule has 18 heteroatoms. The predicted molar refractivity (Wildman–Crippen MR) is 425 cm³/mol. The van der Waals surface area contributed by atoms with Crippen molar-refractivity contribution in [3.8, 4) is 23.0 Å². The molecule has 580 valence electrons. The van der Waals surface area contributed by atoms with Gasteiger partial charge in [0.25, 0.3) is 0 Å². The van der Waals surface area contributed by atoms with Gasteiger partial charge in [-0.2, -0.15) is 0 Å². The maximum absolute atomic E-state index is 13.3. The van der Waals surface area contributed by atoms with E-state index in [1.807, 2.05) is 31.2 Å². The number of rotatable bonds is 8. The van der Waals surface area contributed by atoms with Crippen molar-refractivity contribution in [2.45, 2.75) is 258 Å². The summed E-state index contributed by atoms with van der Waals surface area (Å²) in [6.07, 6.45) is 20.5. The number of amides is 8. The number of phenols is 2. The highest BCUT2D eigenvalue weighted by molar-refractivity contribution is 6.75. The Morgan fingerprint density at radius 3 is 1.03 bits per heavy atom. The Bertz CT molecular complexity index is 4300. The summed E-state index contributed by atoms with van der Waals surface area (Å²) in [5.74, 6) is 6.08. The summed E-state index contributed by atoms with van der Waals surface area (Å²) in [5.41, 5.74) is 9.06. The zero-order valence-electron chi connectivity index (χ0n) is 66.9. The molecule has 12 unspecified atom stereocenters. The molecule has 4 saturated carbocycles. The highest BCUT2D eigenvalue weighted by Crippen LogP contribution is 2.63. The summed E-state index contributed by atoms with van der Waals surface area (Å²) in [6, 6.07) is 24.7. The van der Waals surface area contributed by atoms with Crippen LogP contribution in [0.5, 0.6) is 23.0 Å². The first-order valence-corrected chi connectivity index (χ1v) is 46.4. The average Bonchev–Trinajstić information content (AvgIpc) is 0.742. The van der Waals surface area contributed by atoms with Crippen molar-refractivity contribution in [1.29, 1.82) is 0 Å². The first-order chi connectivity index (χ1) is 50.7. The first-order valence-electron chi connectivity index (χ1n) is 40.6. The van der Waals surface area contributed by atoms with Gasteiger partial charge in [-0.3, -0.25) is 58.8 Å². The SMILES string of the molecule is C=CCN1C(=O)CC2C3CCc4cc(O)ccc4C3CC[C@]2(C)C1=O.C=CCN1C(=O)CC2C3CCc4cc(O[Si](C)(C)C(C)(C)C)ccc4C3CC[C@]2(C)C1=O.CC(C)(C)[Si](C)(C)Oc1ccc2c(c1)CCC1C2CC[C@]2(C)C(=O)NC(=O)CC12.C[C@]12CCC3c4ccc(O)cc4CCC3C1CC(=O)NC2=O. The van der Waals surface area contributed by atoms with E-state index >= 15 is 0 Å². The van der Waals surface area contributed by atoms with E-state index in [-0.39, 0.29) is 81.0 Å². The zero-order chi connectivity index (χ0) is 77.9.